The molecule has 1 unspecified atom stereocenters. The summed E-state index contributed by atoms with van der Waals surface area (Å²) in [4.78, 5) is 11.7. The molecule has 0 aliphatic carbocycles. The number of fused-ring (bicyclic) bond motifs is 1. The SMILES string of the molecule is O=C1NC(S)O/C1=C\c1ccc2cc(OCc3ccccc3C(F)(F)F)ccc2c1. The van der Waals surface area contributed by atoms with Crippen molar-refractivity contribution in [2.75, 3.05) is 0 Å². The third-order valence-electron chi connectivity index (χ3n) is 4.57. The van der Waals surface area contributed by atoms with Crippen LogP contribution in [0.2, 0.25) is 0 Å². The van der Waals surface area contributed by atoms with Crippen LogP contribution in [0.5, 0.6) is 5.75 Å². The zero-order chi connectivity index (χ0) is 21.3. The first-order valence-electron chi connectivity index (χ1n) is 8.98. The minimum absolute atomic E-state index is 0.0735. The molecule has 154 valence electrons. The van der Waals surface area contributed by atoms with Gasteiger partial charge < -0.3 is 14.8 Å². The smallest absolute Gasteiger partial charge is 0.416 e. The van der Waals surface area contributed by atoms with Crippen molar-refractivity contribution in [3.8, 4) is 5.75 Å². The third kappa shape index (κ3) is 4.38. The maximum absolute atomic E-state index is 13.1. The summed E-state index contributed by atoms with van der Waals surface area (Å²) >= 11 is 4.04. The molecule has 0 bridgehead atoms. The van der Waals surface area contributed by atoms with Gasteiger partial charge in [-0.25, -0.2) is 0 Å². The molecule has 1 saturated heterocycles. The lowest BCUT2D eigenvalue weighted by Crippen LogP contribution is -2.20. The summed E-state index contributed by atoms with van der Waals surface area (Å²) in [5.41, 5.74) is -0.524. The number of carbonyl (C=O) groups excluding carboxylic acids is 1. The van der Waals surface area contributed by atoms with Gasteiger partial charge in [-0.2, -0.15) is 13.2 Å². The van der Waals surface area contributed by atoms with Crippen LogP contribution in [0.15, 0.2) is 66.4 Å². The Bertz CT molecular complexity index is 1140. The first-order valence-corrected chi connectivity index (χ1v) is 9.50. The highest BCUT2D eigenvalue weighted by molar-refractivity contribution is 7.80. The summed E-state index contributed by atoms with van der Waals surface area (Å²) in [6, 6.07) is 16.1. The molecule has 1 amide bonds. The largest absolute Gasteiger partial charge is 0.489 e. The Labute approximate surface area is 175 Å². The maximum atomic E-state index is 13.1. The van der Waals surface area contributed by atoms with Crippen LogP contribution >= 0.6 is 12.6 Å². The fourth-order valence-corrected chi connectivity index (χ4v) is 3.37. The molecule has 1 N–H and O–H groups in total. The van der Waals surface area contributed by atoms with Crippen LogP contribution in [-0.2, 0) is 22.3 Å². The van der Waals surface area contributed by atoms with E-state index >= 15 is 0 Å². The van der Waals surface area contributed by atoms with Crippen molar-refractivity contribution < 1.29 is 27.4 Å². The van der Waals surface area contributed by atoms with E-state index in [1.807, 2.05) is 12.1 Å². The summed E-state index contributed by atoms with van der Waals surface area (Å²) in [7, 11) is 0. The molecule has 0 aromatic heterocycles. The van der Waals surface area contributed by atoms with E-state index in [1.54, 1.807) is 36.4 Å². The Balaban J connectivity index is 1.53. The topological polar surface area (TPSA) is 47.6 Å². The predicted octanol–water partition coefficient (Wildman–Crippen LogP) is 5.14. The van der Waals surface area contributed by atoms with Gasteiger partial charge in [0.2, 0.25) is 5.56 Å². The van der Waals surface area contributed by atoms with Crippen molar-refractivity contribution >= 4 is 35.4 Å². The molecule has 4 rings (SSSR count). The van der Waals surface area contributed by atoms with Gasteiger partial charge >= 0.3 is 6.18 Å². The zero-order valence-corrected chi connectivity index (χ0v) is 16.3. The fourth-order valence-electron chi connectivity index (χ4n) is 3.14. The Hall–Kier alpha value is -3.13. The molecule has 1 heterocycles. The molecule has 0 spiro atoms. The lowest BCUT2D eigenvalue weighted by Gasteiger charge is -2.13. The highest BCUT2D eigenvalue weighted by Gasteiger charge is 2.33. The van der Waals surface area contributed by atoms with Crippen LogP contribution in [0.3, 0.4) is 0 Å². The van der Waals surface area contributed by atoms with E-state index in [9.17, 15) is 18.0 Å². The summed E-state index contributed by atoms with van der Waals surface area (Å²) < 4.78 is 50.2. The van der Waals surface area contributed by atoms with Crippen molar-refractivity contribution in [1.29, 1.82) is 0 Å². The number of rotatable bonds is 4. The minimum Gasteiger partial charge on any atom is -0.489 e. The summed E-state index contributed by atoms with van der Waals surface area (Å²) in [6.07, 6.45) is -2.81. The monoisotopic (exact) mass is 431 g/mol. The second kappa shape index (κ2) is 7.95. The van der Waals surface area contributed by atoms with Crippen molar-refractivity contribution in [2.24, 2.45) is 0 Å². The number of amides is 1. The van der Waals surface area contributed by atoms with E-state index in [0.29, 0.717) is 5.75 Å². The normalized spacial score (nSPS) is 17.8. The van der Waals surface area contributed by atoms with Crippen LogP contribution < -0.4 is 10.1 Å². The molecule has 0 saturated carbocycles. The van der Waals surface area contributed by atoms with Gasteiger partial charge in [0.15, 0.2) is 5.76 Å². The summed E-state index contributed by atoms with van der Waals surface area (Å²) in [5, 5.41) is 4.25. The van der Waals surface area contributed by atoms with Crippen molar-refractivity contribution in [2.45, 2.75) is 18.3 Å². The average Bonchev–Trinajstić information content (AvgIpc) is 3.02. The minimum atomic E-state index is -4.43. The first-order chi connectivity index (χ1) is 14.3. The Morgan fingerprint density at radius 2 is 1.80 bits per heavy atom. The number of nitrogens with one attached hydrogen (secondary N) is 1. The second-order valence-electron chi connectivity index (χ2n) is 6.66. The van der Waals surface area contributed by atoms with E-state index in [4.69, 9.17) is 9.47 Å². The van der Waals surface area contributed by atoms with E-state index in [-0.39, 0.29) is 23.8 Å². The number of ether oxygens (including phenoxy) is 2. The zero-order valence-electron chi connectivity index (χ0n) is 15.4. The van der Waals surface area contributed by atoms with E-state index < -0.39 is 17.3 Å². The molecule has 3 aromatic rings. The van der Waals surface area contributed by atoms with Gasteiger partial charge in [-0.05, 0) is 46.7 Å². The highest BCUT2D eigenvalue weighted by atomic mass is 32.1. The van der Waals surface area contributed by atoms with Crippen molar-refractivity contribution in [3.63, 3.8) is 0 Å². The van der Waals surface area contributed by atoms with Crippen LogP contribution in [0.25, 0.3) is 16.8 Å². The molecular formula is C22H16F3NO3S. The standard InChI is InChI=1S/C22H16F3NO3S/c23-22(24,25)18-4-2-1-3-16(18)12-28-17-8-7-14-9-13(5-6-15(14)11-17)10-19-20(27)26-21(30)29-19/h1-11,21,30H,12H2,(H,26,27)/b19-10-. The molecule has 1 fully saturated rings. The molecule has 30 heavy (non-hydrogen) atoms. The van der Waals surface area contributed by atoms with Gasteiger partial charge in [-0.3, -0.25) is 4.79 Å². The first kappa shape index (κ1) is 20.2. The van der Waals surface area contributed by atoms with Crippen LogP contribution in [-0.4, -0.2) is 11.5 Å². The van der Waals surface area contributed by atoms with E-state index in [2.05, 4.69) is 17.9 Å². The van der Waals surface area contributed by atoms with Gasteiger partial charge in [0, 0.05) is 5.56 Å². The molecular weight excluding hydrogens is 415 g/mol. The number of hydrogen-bond acceptors (Lipinski definition) is 4. The molecule has 3 aromatic carbocycles. The van der Waals surface area contributed by atoms with Gasteiger partial charge in [0.05, 0.1) is 5.56 Å². The second-order valence-corrected chi connectivity index (χ2v) is 7.13. The summed E-state index contributed by atoms with van der Waals surface area (Å²) in [6.45, 7) is -0.192. The quantitative estimate of drug-likeness (QED) is 0.444. The van der Waals surface area contributed by atoms with Crippen LogP contribution in [0, 0.1) is 0 Å². The Morgan fingerprint density at radius 1 is 1.07 bits per heavy atom. The lowest BCUT2D eigenvalue weighted by atomic mass is 10.1. The van der Waals surface area contributed by atoms with Crippen molar-refractivity contribution in [1.82, 2.24) is 5.32 Å². The predicted molar refractivity (Wildman–Crippen MR) is 110 cm³/mol. The van der Waals surface area contributed by atoms with E-state index in [0.717, 1.165) is 22.4 Å². The molecule has 0 radical (unpaired) electrons. The number of alkyl halides is 3. The number of hydrogen-bond donors (Lipinski definition) is 2. The molecule has 8 heteroatoms. The van der Waals surface area contributed by atoms with Crippen molar-refractivity contribution in [3.05, 3.63) is 83.1 Å². The maximum Gasteiger partial charge on any atom is 0.416 e. The number of carbonyl (C=O) groups is 1. The lowest BCUT2D eigenvalue weighted by molar-refractivity contribution is -0.138. The van der Waals surface area contributed by atoms with Gasteiger partial charge in [-0.15, -0.1) is 12.6 Å². The summed E-state index contributed by atoms with van der Waals surface area (Å²) in [5.74, 6) is 0.303. The fraction of sp³-hybridized carbons (Fsp3) is 0.136. The van der Waals surface area contributed by atoms with Crippen LogP contribution in [0.1, 0.15) is 16.7 Å². The average molecular weight is 431 g/mol. The molecule has 4 nitrogen and oxygen atoms in total. The van der Waals surface area contributed by atoms with Gasteiger partial charge in [0.25, 0.3) is 5.91 Å². The van der Waals surface area contributed by atoms with E-state index in [1.165, 1.54) is 12.1 Å². The molecule has 1 atom stereocenters. The number of benzene rings is 3. The highest BCUT2D eigenvalue weighted by Crippen LogP contribution is 2.32. The Kier molecular flexibility index (Phi) is 5.34. The number of thiol groups is 1. The third-order valence-corrected chi connectivity index (χ3v) is 4.80. The Morgan fingerprint density at radius 3 is 2.53 bits per heavy atom. The molecule has 1 aliphatic heterocycles. The van der Waals surface area contributed by atoms with Crippen LogP contribution in [0.4, 0.5) is 13.2 Å². The molecule has 1 aliphatic rings. The van der Waals surface area contributed by atoms with Gasteiger partial charge in [-0.1, -0.05) is 36.4 Å². The van der Waals surface area contributed by atoms with Gasteiger partial charge in [0.1, 0.15) is 12.4 Å². The number of halogens is 3.